The number of unbranched alkanes of at least 4 members (excludes halogenated alkanes) is 18. The number of allylic oxidation sites excluding steroid dienone is 24. The number of carbonyl (C=O) groups is 3. The minimum absolute atomic E-state index is 0.115. The Balaban J connectivity index is 4.56. The molecule has 6 heteroatoms. The van der Waals surface area contributed by atoms with Gasteiger partial charge in [-0.05, 0) is 83.5 Å². The van der Waals surface area contributed by atoms with Crippen LogP contribution in [-0.4, -0.2) is 37.2 Å². The van der Waals surface area contributed by atoms with E-state index >= 15 is 0 Å². The average molecular weight is 909 g/mol. The molecule has 368 valence electrons. The third-order valence-electron chi connectivity index (χ3n) is 10.3. The van der Waals surface area contributed by atoms with Gasteiger partial charge in [-0.1, -0.05) is 237 Å². The summed E-state index contributed by atoms with van der Waals surface area (Å²) in [6, 6.07) is 0. The number of esters is 3. The quantitative estimate of drug-likeness (QED) is 0.0262. The maximum absolute atomic E-state index is 12.8. The molecule has 0 amide bonds. The molecule has 0 aliphatic heterocycles. The van der Waals surface area contributed by atoms with Gasteiger partial charge in [0.25, 0.3) is 0 Å². The van der Waals surface area contributed by atoms with Gasteiger partial charge in [-0.15, -0.1) is 0 Å². The molecule has 0 aromatic carbocycles. The predicted molar refractivity (Wildman–Crippen MR) is 283 cm³/mol. The van der Waals surface area contributed by atoms with E-state index in [1.165, 1.54) is 19.3 Å². The van der Waals surface area contributed by atoms with Gasteiger partial charge in [-0.25, -0.2) is 0 Å². The summed E-state index contributed by atoms with van der Waals surface area (Å²) >= 11 is 0. The van der Waals surface area contributed by atoms with Crippen LogP contribution in [0.25, 0.3) is 0 Å². The van der Waals surface area contributed by atoms with E-state index in [4.69, 9.17) is 14.2 Å². The van der Waals surface area contributed by atoms with Gasteiger partial charge in [-0.3, -0.25) is 14.4 Å². The van der Waals surface area contributed by atoms with Crippen molar-refractivity contribution in [2.45, 2.75) is 200 Å². The van der Waals surface area contributed by atoms with Crippen LogP contribution in [0.3, 0.4) is 0 Å². The lowest BCUT2D eigenvalue weighted by Gasteiger charge is -2.18. The highest BCUT2D eigenvalue weighted by molar-refractivity contribution is 5.71. The number of hydrogen-bond donors (Lipinski definition) is 0. The molecule has 1 atom stereocenters. The van der Waals surface area contributed by atoms with E-state index in [9.17, 15) is 14.4 Å². The summed E-state index contributed by atoms with van der Waals surface area (Å²) < 4.78 is 16.8. The maximum Gasteiger partial charge on any atom is 0.306 e. The number of ether oxygens (including phenoxy) is 3. The highest BCUT2D eigenvalue weighted by Crippen LogP contribution is 2.13. The highest BCUT2D eigenvalue weighted by atomic mass is 16.6. The molecule has 66 heavy (non-hydrogen) atoms. The zero-order valence-corrected chi connectivity index (χ0v) is 41.9. The van der Waals surface area contributed by atoms with Crippen LogP contribution in [0, 0.1) is 0 Å². The van der Waals surface area contributed by atoms with Gasteiger partial charge >= 0.3 is 17.9 Å². The molecule has 0 saturated carbocycles. The zero-order chi connectivity index (χ0) is 47.9. The molecular formula is C60H92O6. The van der Waals surface area contributed by atoms with E-state index in [1.54, 1.807) is 0 Å². The van der Waals surface area contributed by atoms with Gasteiger partial charge < -0.3 is 14.2 Å². The van der Waals surface area contributed by atoms with E-state index in [0.29, 0.717) is 12.8 Å². The van der Waals surface area contributed by atoms with Crippen molar-refractivity contribution >= 4 is 17.9 Å². The Labute approximate surface area is 404 Å². The van der Waals surface area contributed by atoms with E-state index in [0.717, 1.165) is 135 Å². The average Bonchev–Trinajstić information content (AvgIpc) is 3.31. The normalized spacial score (nSPS) is 13.3. The molecule has 0 aromatic rings. The molecule has 0 N–H and O–H groups in total. The van der Waals surface area contributed by atoms with Gasteiger partial charge in [0.05, 0.1) is 0 Å². The van der Waals surface area contributed by atoms with Gasteiger partial charge in [0.1, 0.15) is 13.2 Å². The molecule has 0 bridgehead atoms. The summed E-state index contributed by atoms with van der Waals surface area (Å²) in [6.45, 7) is 6.24. The number of hydrogen-bond acceptors (Lipinski definition) is 6. The molecular weight excluding hydrogens is 817 g/mol. The Bertz CT molecular complexity index is 1510. The summed E-state index contributed by atoms with van der Waals surface area (Å²) in [4.78, 5) is 38.0. The van der Waals surface area contributed by atoms with Crippen molar-refractivity contribution in [3.8, 4) is 0 Å². The molecule has 0 radical (unpaired) electrons. The lowest BCUT2D eigenvalue weighted by molar-refractivity contribution is -0.167. The summed E-state index contributed by atoms with van der Waals surface area (Å²) in [6.07, 6.45) is 75.3. The summed E-state index contributed by atoms with van der Waals surface area (Å²) in [5, 5.41) is 0. The first-order chi connectivity index (χ1) is 32.5. The monoisotopic (exact) mass is 909 g/mol. The SMILES string of the molecule is CC\C=C/C=C\C=C/C=C\CCCCCCCC(=O)OCC(COC(=O)CCCCCCC\C=C/C=C\C=C/C=C\CCCCC)OC(=O)CCCCCCC\C=C/C=C\C=C/C=C\CC. The summed E-state index contributed by atoms with van der Waals surface area (Å²) in [5.41, 5.74) is 0. The summed E-state index contributed by atoms with van der Waals surface area (Å²) in [5.74, 6) is -0.994. The van der Waals surface area contributed by atoms with Crippen molar-refractivity contribution in [3.05, 3.63) is 146 Å². The van der Waals surface area contributed by atoms with Gasteiger partial charge in [0.15, 0.2) is 6.10 Å². The highest BCUT2D eigenvalue weighted by Gasteiger charge is 2.19. The van der Waals surface area contributed by atoms with Gasteiger partial charge in [0, 0.05) is 19.3 Å². The fourth-order valence-corrected chi connectivity index (χ4v) is 6.47. The zero-order valence-electron chi connectivity index (χ0n) is 41.9. The van der Waals surface area contributed by atoms with Gasteiger partial charge in [-0.2, -0.15) is 0 Å². The van der Waals surface area contributed by atoms with Crippen molar-refractivity contribution in [1.29, 1.82) is 0 Å². The Morgan fingerprint density at radius 2 is 0.591 bits per heavy atom. The first-order valence-electron chi connectivity index (χ1n) is 26.0. The van der Waals surface area contributed by atoms with Crippen LogP contribution in [0.4, 0.5) is 0 Å². The van der Waals surface area contributed by atoms with Crippen LogP contribution in [0.5, 0.6) is 0 Å². The van der Waals surface area contributed by atoms with Crippen molar-refractivity contribution < 1.29 is 28.6 Å². The van der Waals surface area contributed by atoms with Crippen LogP contribution in [-0.2, 0) is 28.6 Å². The second kappa shape index (κ2) is 52.9. The van der Waals surface area contributed by atoms with Crippen molar-refractivity contribution in [3.63, 3.8) is 0 Å². The Morgan fingerprint density at radius 3 is 0.924 bits per heavy atom. The molecule has 0 rings (SSSR count). The van der Waals surface area contributed by atoms with E-state index in [1.807, 2.05) is 48.6 Å². The Hall–Kier alpha value is -4.71. The standard InChI is InChI=1S/C60H92O6/c1-4-7-10-13-16-19-22-25-28-29-30-33-35-38-41-44-47-50-53-59(62)65-56-57(66-60(63)54-51-48-45-42-39-36-32-27-24-21-18-15-12-9-6-3)55-64-58(61)52-49-46-43-40-37-34-31-26-23-20-17-14-11-8-5-2/h8-9,11-12,14-33,57H,4-7,10,13,34-56H2,1-3H3/b11-8-,12-9-,17-14-,18-15-,19-16-,23-20-,24-21-,25-22-,29-28-,31-26-,32-27-,33-30-. The number of carbonyl (C=O) groups excluding carboxylic acids is 3. The molecule has 1 unspecified atom stereocenters. The minimum atomic E-state index is -0.817. The third-order valence-corrected chi connectivity index (χ3v) is 10.3. The van der Waals surface area contributed by atoms with Crippen LogP contribution in [0.1, 0.15) is 194 Å². The van der Waals surface area contributed by atoms with Crippen LogP contribution < -0.4 is 0 Å². The van der Waals surface area contributed by atoms with E-state index < -0.39 is 6.10 Å². The molecule has 0 aliphatic carbocycles. The van der Waals surface area contributed by atoms with Crippen LogP contribution in [0.15, 0.2) is 146 Å². The first-order valence-corrected chi connectivity index (χ1v) is 26.0. The van der Waals surface area contributed by atoms with Crippen molar-refractivity contribution in [1.82, 2.24) is 0 Å². The van der Waals surface area contributed by atoms with Gasteiger partial charge in [0.2, 0.25) is 0 Å². The molecule has 0 heterocycles. The molecule has 0 saturated heterocycles. The van der Waals surface area contributed by atoms with E-state index in [-0.39, 0.29) is 37.5 Å². The fourth-order valence-electron chi connectivity index (χ4n) is 6.47. The predicted octanol–water partition coefficient (Wildman–Crippen LogP) is 17.3. The van der Waals surface area contributed by atoms with Crippen LogP contribution >= 0.6 is 0 Å². The third kappa shape index (κ3) is 50.3. The minimum Gasteiger partial charge on any atom is -0.462 e. The second-order valence-corrected chi connectivity index (χ2v) is 16.6. The maximum atomic E-state index is 12.8. The molecule has 0 spiro atoms. The molecule has 0 fully saturated rings. The molecule has 6 nitrogen and oxygen atoms in total. The Morgan fingerprint density at radius 1 is 0.318 bits per heavy atom. The molecule has 0 aliphatic rings. The second-order valence-electron chi connectivity index (χ2n) is 16.6. The first kappa shape index (κ1) is 61.3. The van der Waals surface area contributed by atoms with Crippen molar-refractivity contribution in [2.75, 3.05) is 13.2 Å². The smallest absolute Gasteiger partial charge is 0.306 e. The van der Waals surface area contributed by atoms with E-state index in [2.05, 4.69) is 118 Å². The number of rotatable bonds is 44. The lowest BCUT2D eigenvalue weighted by atomic mass is 10.1. The van der Waals surface area contributed by atoms with Crippen molar-refractivity contribution in [2.24, 2.45) is 0 Å². The Kier molecular flexibility index (Phi) is 49.1. The fraction of sp³-hybridized carbons (Fsp3) is 0.550. The summed E-state index contributed by atoms with van der Waals surface area (Å²) in [7, 11) is 0. The largest absolute Gasteiger partial charge is 0.462 e. The molecule has 0 aromatic heterocycles. The topological polar surface area (TPSA) is 78.9 Å². The lowest BCUT2D eigenvalue weighted by Crippen LogP contribution is -2.30. The van der Waals surface area contributed by atoms with Crippen LogP contribution in [0.2, 0.25) is 0 Å².